The molecule has 0 spiro atoms. The fourth-order valence-corrected chi connectivity index (χ4v) is 2.49. The van der Waals surface area contributed by atoms with Crippen LogP contribution in [0.2, 0.25) is 0 Å². The molecule has 0 unspecified atom stereocenters. The number of hydrogen-bond acceptors (Lipinski definition) is 5. The Morgan fingerprint density at radius 1 is 1.20 bits per heavy atom. The predicted octanol–water partition coefficient (Wildman–Crippen LogP) is 3.47. The molecule has 2 aromatic carbocycles. The van der Waals surface area contributed by atoms with Crippen molar-refractivity contribution in [2.45, 2.75) is 0 Å². The molecule has 0 bridgehead atoms. The van der Waals surface area contributed by atoms with Crippen LogP contribution in [0.4, 0.5) is 11.6 Å². The highest BCUT2D eigenvalue weighted by atomic mass is 16.5. The molecule has 1 aromatic heterocycles. The van der Waals surface area contributed by atoms with Gasteiger partial charge in [0, 0.05) is 18.6 Å². The number of amides is 1. The van der Waals surface area contributed by atoms with Gasteiger partial charge < -0.3 is 15.4 Å². The number of anilines is 2. The number of nitrogens with one attached hydrogen (secondary N) is 2. The van der Waals surface area contributed by atoms with E-state index in [9.17, 15) is 4.79 Å². The number of benzene rings is 2. The van der Waals surface area contributed by atoms with E-state index in [1.165, 1.54) is 6.08 Å². The van der Waals surface area contributed by atoms with Gasteiger partial charge in [-0.2, -0.15) is 0 Å². The van der Waals surface area contributed by atoms with Crippen molar-refractivity contribution in [1.29, 1.82) is 0 Å². The van der Waals surface area contributed by atoms with Gasteiger partial charge in [-0.05, 0) is 35.4 Å². The Balaban J connectivity index is 2.05. The van der Waals surface area contributed by atoms with E-state index < -0.39 is 0 Å². The molecule has 0 aliphatic rings. The zero-order valence-corrected chi connectivity index (χ0v) is 14.0. The summed E-state index contributed by atoms with van der Waals surface area (Å²) in [6.45, 7) is 3.47. The second-order valence-corrected chi connectivity index (χ2v) is 5.33. The van der Waals surface area contributed by atoms with Gasteiger partial charge >= 0.3 is 0 Å². The highest BCUT2D eigenvalue weighted by Crippen LogP contribution is 2.31. The van der Waals surface area contributed by atoms with Gasteiger partial charge in [-0.3, -0.25) is 4.79 Å². The Morgan fingerprint density at radius 3 is 2.68 bits per heavy atom. The Bertz CT molecular complexity index is 953. The molecular formula is C19H18N4O2. The molecule has 25 heavy (non-hydrogen) atoms. The quantitative estimate of drug-likeness (QED) is 0.699. The Hall–Kier alpha value is -3.41. The molecule has 0 fully saturated rings. The average Bonchev–Trinajstić information content (AvgIpc) is 2.66. The number of rotatable bonds is 5. The molecule has 6 nitrogen and oxygen atoms in total. The summed E-state index contributed by atoms with van der Waals surface area (Å²) in [5, 5.41) is 6.65. The summed E-state index contributed by atoms with van der Waals surface area (Å²) in [6.07, 6.45) is 3.00. The van der Waals surface area contributed by atoms with Gasteiger partial charge in [-0.15, -0.1) is 0 Å². The van der Waals surface area contributed by atoms with Crippen LogP contribution >= 0.6 is 0 Å². The minimum atomic E-state index is -0.291. The molecule has 1 heterocycles. The standard InChI is InChI=1S/C19H18N4O2/c1-4-18(24)22-16-10-13(7-8-17(16)25-3)12-5-6-14-11-21-19(20-2)23-15(14)9-12/h4-11H,1H2,2-3H3,(H,22,24)(H,20,21,23). The maximum Gasteiger partial charge on any atom is 0.247 e. The average molecular weight is 334 g/mol. The molecule has 3 aromatic rings. The largest absolute Gasteiger partial charge is 0.495 e. The fraction of sp³-hybridized carbons (Fsp3) is 0.105. The summed E-state index contributed by atoms with van der Waals surface area (Å²) in [4.78, 5) is 20.3. The normalized spacial score (nSPS) is 10.3. The maximum atomic E-state index is 11.6. The molecule has 0 saturated carbocycles. The highest BCUT2D eigenvalue weighted by Gasteiger charge is 2.09. The Morgan fingerprint density at radius 2 is 1.96 bits per heavy atom. The second kappa shape index (κ2) is 7.00. The van der Waals surface area contributed by atoms with Gasteiger partial charge in [-0.25, -0.2) is 9.97 Å². The molecule has 0 radical (unpaired) electrons. The molecule has 3 rings (SSSR count). The first-order chi connectivity index (χ1) is 12.1. The zero-order valence-electron chi connectivity index (χ0n) is 14.0. The lowest BCUT2D eigenvalue weighted by molar-refractivity contribution is -0.111. The van der Waals surface area contributed by atoms with Gasteiger partial charge in [-0.1, -0.05) is 24.8 Å². The van der Waals surface area contributed by atoms with Crippen molar-refractivity contribution in [3.05, 3.63) is 55.3 Å². The number of fused-ring (bicyclic) bond motifs is 1. The monoisotopic (exact) mass is 334 g/mol. The first kappa shape index (κ1) is 16.4. The van der Waals surface area contributed by atoms with Crippen molar-refractivity contribution >= 4 is 28.4 Å². The third-order valence-electron chi connectivity index (χ3n) is 3.78. The molecular weight excluding hydrogens is 316 g/mol. The Kier molecular flexibility index (Phi) is 4.61. The van der Waals surface area contributed by atoms with Crippen molar-refractivity contribution in [3.63, 3.8) is 0 Å². The number of hydrogen-bond donors (Lipinski definition) is 2. The third-order valence-corrected chi connectivity index (χ3v) is 3.78. The Labute approximate surface area is 145 Å². The molecule has 2 N–H and O–H groups in total. The van der Waals surface area contributed by atoms with Crippen LogP contribution in [-0.2, 0) is 4.79 Å². The molecule has 126 valence electrons. The second-order valence-electron chi connectivity index (χ2n) is 5.33. The lowest BCUT2D eigenvalue weighted by atomic mass is 10.0. The molecule has 6 heteroatoms. The molecule has 0 saturated heterocycles. The number of carbonyl (C=O) groups excluding carboxylic acids is 1. The predicted molar refractivity (Wildman–Crippen MR) is 99.9 cm³/mol. The van der Waals surface area contributed by atoms with Crippen molar-refractivity contribution in [3.8, 4) is 16.9 Å². The lowest BCUT2D eigenvalue weighted by Crippen LogP contribution is -2.08. The SMILES string of the molecule is C=CC(=O)Nc1cc(-c2ccc3cnc(NC)nc3c2)ccc1OC. The maximum absolute atomic E-state index is 11.6. The third kappa shape index (κ3) is 3.42. The summed E-state index contributed by atoms with van der Waals surface area (Å²) in [5.74, 6) is 0.859. The fourth-order valence-electron chi connectivity index (χ4n) is 2.49. The van der Waals surface area contributed by atoms with Gasteiger partial charge in [0.25, 0.3) is 0 Å². The van der Waals surface area contributed by atoms with Crippen LogP contribution in [0.25, 0.3) is 22.0 Å². The van der Waals surface area contributed by atoms with E-state index in [0.29, 0.717) is 17.4 Å². The first-order valence-corrected chi connectivity index (χ1v) is 7.71. The summed E-state index contributed by atoms with van der Waals surface area (Å²) < 4.78 is 5.30. The number of ether oxygens (including phenoxy) is 1. The van der Waals surface area contributed by atoms with Crippen LogP contribution in [0.1, 0.15) is 0 Å². The van der Waals surface area contributed by atoms with E-state index in [4.69, 9.17) is 4.74 Å². The lowest BCUT2D eigenvalue weighted by Gasteiger charge is -2.12. The number of aromatic nitrogens is 2. The zero-order chi connectivity index (χ0) is 17.8. The minimum Gasteiger partial charge on any atom is -0.495 e. The van der Waals surface area contributed by atoms with Crippen molar-refractivity contribution < 1.29 is 9.53 Å². The minimum absolute atomic E-state index is 0.291. The summed E-state index contributed by atoms with van der Waals surface area (Å²) in [7, 11) is 3.34. The van der Waals surface area contributed by atoms with Gasteiger partial charge in [0.15, 0.2) is 0 Å². The van der Waals surface area contributed by atoms with Gasteiger partial charge in [0.05, 0.1) is 18.3 Å². The summed E-state index contributed by atoms with van der Waals surface area (Å²) in [6, 6.07) is 11.6. The van der Waals surface area contributed by atoms with Crippen molar-refractivity contribution in [2.75, 3.05) is 24.8 Å². The number of methoxy groups -OCH3 is 1. The first-order valence-electron chi connectivity index (χ1n) is 7.71. The van der Waals surface area contributed by atoms with Crippen LogP contribution in [-0.4, -0.2) is 30.0 Å². The van der Waals surface area contributed by atoms with E-state index in [1.54, 1.807) is 20.4 Å². The summed E-state index contributed by atoms with van der Waals surface area (Å²) >= 11 is 0. The van der Waals surface area contributed by atoms with Crippen LogP contribution in [0.15, 0.2) is 55.3 Å². The molecule has 0 aliphatic carbocycles. The number of carbonyl (C=O) groups is 1. The molecule has 0 atom stereocenters. The van der Waals surface area contributed by atoms with E-state index >= 15 is 0 Å². The van der Waals surface area contributed by atoms with Crippen LogP contribution in [0.3, 0.4) is 0 Å². The van der Waals surface area contributed by atoms with E-state index in [-0.39, 0.29) is 5.91 Å². The van der Waals surface area contributed by atoms with Crippen molar-refractivity contribution in [2.24, 2.45) is 0 Å². The van der Waals surface area contributed by atoms with Crippen LogP contribution < -0.4 is 15.4 Å². The van der Waals surface area contributed by atoms with E-state index in [0.717, 1.165) is 22.0 Å². The smallest absolute Gasteiger partial charge is 0.247 e. The van der Waals surface area contributed by atoms with Crippen LogP contribution in [0, 0.1) is 0 Å². The van der Waals surface area contributed by atoms with Gasteiger partial charge in [0.2, 0.25) is 11.9 Å². The summed E-state index contributed by atoms with van der Waals surface area (Å²) in [5.41, 5.74) is 3.34. The van der Waals surface area contributed by atoms with E-state index in [1.807, 2.05) is 36.4 Å². The van der Waals surface area contributed by atoms with Crippen molar-refractivity contribution in [1.82, 2.24) is 9.97 Å². The van der Waals surface area contributed by atoms with E-state index in [2.05, 4.69) is 27.2 Å². The topological polar surface area (TPSA) is 76.1 Å². The molecule has 1 amide bonds. The molecule has 0 aliphatic heterocycles. The highest BCUT2D eigenvalue weighted by molar-refractivity contribution is 6.00. The van der Waals surface area contributed by atoms with Crippen LogP contribution in [0.5, 0.6) is 5.75 Å². The van der Waals surface area contributed by atoms with Gasteiger partial charge in [0.1, 0.15) is 5.75 Å². The number of nitrogens with zero attached hydrogens (tertiary/aromatic N) is 2.